The molecule has 0 radical (unpaired) electrons. The molecule has 18 heavy (non-hydrogen) atoms. The zero-order valence-corrected chi connectivity index (χ0v) is 11.2. The molecule has 0 aliphatic carbocycles. The maximum atomic E-state index is 13.3. The molecule has 0 spiro atoms. The molecule has 0 atom stereocenters. The summed E-state index contributed by atoms with van der Waals surface area (Å²) in [5, 5.41) is 0. The van der Waals surface area contributed by atoms with E-state index in [1.165, 1.54) is 18.3 Å². The maximum Gasteiger partial charge on any atom is 0.237 e. The fourth-order valence-corrected chi connectivity index (χ4v) is 2.15. The molecule has 94 valence electrons. The molecule has 1 N–H and O–H groups in total. The van der Waals surface area contributed by atoms with Crippen molar-refractivity contribution in [2.24, 2.45) is 0 Å². The second-order valence-electron chi connectivity index (χ2n) is 3.27. The molecule has 0 amide bonds. The van der Waals surface area contributed by atoms with E-state index in [-0.39, 0.29) is 10.6 Å². The Bertz CT molecular complexity index is 580. The van der Waals surface area contributed by atoms with Gasteiger partial charge < -0.3 is 4.72 Å². The first-order valence-electron chi connectivity index (χ1n) is 4.75. The zero-order valence-electron chi connectivity index (χ0n) is 8.75. The van der Waals surface area contributed by atoms with Gasteiger partial charge in [-0.25, -0.2) is 13.8 Å². The van der Waals surface area contributed by atoms with Crippen molar-refractivity contribution in [3.63, 3.8) is 0 Å². The molecule has 0 aliphatic rings. The van der Waals surface area contributed by atoms with Crippen LogP contribution in [0.15, 0.2) is 39.8 Å². The van der Waals surface area contributed by atoms with Crippen molar-refractivity contribution in [1.82, 2.24) is 4.98 Å². The number of nitrogens with zero attached hydrogens (tertiary/aromatic N) is 1. The summed E-state index contributed by atoms with van der Waals surface area (Å²) in [5.74, 6) is -2.07. The lowest BCUT2D eigenvalue weighted by molar-refractivity contribution is 0.565. The largest absolute Gasteiger partial charge is 0.322 e. The average molecular weight is 335 g/mol. The Balaban J connectivity index is 2.13. The monoisotopic (exact) mass is 334 g/mol. The van der Waals surface area contributed by atoms with Crippen LogP contribution >= 0.6 is 27.9 Å². The van der Waals surface area contributed by atoms with E-state index in [4.69, 9.17) is 0 Å². The van der Waals surface area contributed by atoms with Crippen LogP contribution < -0.4 is 4.72 Å². The lowest BCUT2D eigenvalue weighted by Gasteiger charge is -2.07. The van der Waals surface area contributed by atoms with Gasteiger partial charge in [0.25, 0.3) is 0 Å². The average Bonchev–Trinajstić information content (AvgIpc) is 2.32. The van der Waals surface area contributed by atoms with Crippen molar-refractivity contribution >= 4 is 33.6 Å². The maximum absolute atomic E-state index is 13.3. The lowest BCUT2D eigenvalue weighted by Crippen LogP contribution is -1.95. The fourth-order valence-electron chi connectivity index (χ4n) is 1.16. The molecule has 0 unspecified atom stereocenters. The third kappa shape index (κ3) is 3.17. The van der Waals surface area contributed by atoms with E-state index in [1.807, 2.05) is 0 Å². The fraction of sp³-hybridized carbons (Fsp3) is 0. The van der Waals surface area contributed by atoms with E-state index < -0.39 is 17.6 Å². The number of hydrogen-bond donors (Lipinski definition) is 1. The summed E-state index contributed by atoms with van der Waals surface area (Å²) < 4.78 is 42.5. The highest BCUT2D eigenvalue weighted by Crippen LogP contribution is 2.26. The predicted molar refractivity (Wildman–Crippen MR) is 67.7 cm³/mol. The molecule has 1 aromatic heterocycles. The Morgan fingerprint density at radius 2 is 1.94 bits per heavy atom. The van der Waals surface area contributed by atoms with Crippen LogP contribution in [0, 0.1) is 17.6 Å². The van der Waals surface area contributed by atoms with Crippen molar-refractivity contribution in [2.45, 2.75) is 4.90 Å². The van der Waals surface area contributed by atoms with Crippen LogP contribution in [0.1, 0.15) is 0 Å². The standard InChI is InChI=1S/C11H6BrF3N2S/c12-6-3-9(11(15)16-5-6)17-18-10-2-1-7(13)4-8(10)14/h1-5,17H. The Morgan fingerprint density at radius 1 is 1.17 bits per heavy atom. The molecule has 0 saturated heterocycles. The van der Waals surface area contributed by atoms with Crippen molar-refractivity contribution in [2.75, 3.05) is 4.72 Å². The van der Waals surface area contributed by atoms with Crippen LogP contribution in [-0.2, 0) is 0 Å². The van der Waals surface area contributed by atoms with E-state index in [9.17, 15) is 13.2 Å². The Kier molecular flexibility index (Phi) is 4.13. The SMILES string of the molecule is Fc1ccc(SNc2cc(Br)cnc2F)c(F)c1. The summed E-state index contributed by atoms with van der Waals surface area (Å²) in [7, 11) is 0. The summed E-state index contributed by atoms with van der Waals surface area (Å²) in [4.78, 5) is 3.65. The normalized spacial score (nSPS) is 10.4. The second-order valence-corrected chi connectivity index (χ2v) is 5.03. The van der Waals surface area contributed by atoms with Gasteiger partial charge in [0, 0.05) is 16.7 Å². The third-order valence-corrected chi connectivity index (χ3v) is 3.28. The zero-order chi connectivity index (χ0) is 13.1. The Labute approximate surface area is 114 Å². The minimum absolute atomic E-state index is 0.109. The molecular weight excluding hydrogens is 329 g/mol. The van der Waals surface area contributed by atoms with Crippen LogP contribution in [0.2, 0.25) is 0 Å². The van der Waals surface area contributed by atoms with Crippen molar-refractivity contribution < 1.29 is 13.2 Å². The highest BCUT2D eigenvalue weighted by atomic mass is 79.9. The van der Waals surface area contributed by atoms with E-state index in [2.05, 4.69) is 25.6 Å². The molecule has 0 fully saturated rings. The molecule has 1 heterocycles. The minimum atomic E-state index is -0.712. The number of benzene rings is 1. The van der Waals surface area contributed by atoms with Crippen molar-refractivity contribution in [3.05, 3.63) is 52.5 Å². The van der Waals surface area contributed by atoms with Crippen molar-refractivity contribution in [1.29, 1.82) is 0 Å². The number of anilines is 1. The van der Waals surface area contributed by atoms with Gasteiger partial charge in [0.1, 0.15) is 17.3 Å². The van der Waals surface area contributed by atoms with E-state index in [0.29, 0.717) is 4.47 Å². The molecule has 2 rings (SSSR count). The van der Waals surface area contributed by atoms with Crippen molar-refractivity contribution in [3.8, 4) is 0 Å². The van der Waals surface area contributed by atoms with E-state index in [1.54, 1.807) is 0 Å². The van der Waals surface area contributed by atoms with Crippen LogP contribution in [0.4, 0.5) is 18.9 Å². The summed E-state index contributed by atoms with van der Waals surface area (Å²) in [6.45, 7) is 0. The molecule has 2 aromatic rings. The van der Waals surface area contributed by atoms with Gasteiger partial charge in [-0.1, -0.05) is 0 Å². The number of aromatic nitrogens is 1. The van der Waals surface area contributed by atoms with Gasteiger partial charge >= 0.3 is 0 Å². The first-order valence-corrected chi connectivity index (χ1v) is 6.36. The summed E-state index contributed by atoms with van der Waals surface area (Å²) in [6, 6.07) is 4.63. The Morgan fingerprint density at radius 3 is 2.67 bits per heavy atom. The van der Waals surface area contributed by atoms with E-state index >= 15 is 0 Å². The summed E-state index contributed by atoms with van der Waals surface area (Å²) in [6.07, 6.45) is 1.31. The van der Waals surface area contributed by atoms with Gasteiger partial charge in [-0.15, -0.1) is 0 Å². The lowest BCUT2D eigenvalue weighted by atomic mass is 10.3. The topological polar surface area (TPSA) is 24.9 Å². The first kappa shape index (κ1) is 13.2. The summed E-state index contributed by atoms with van der Waals surface area (Å²) in [5.41, 5.74) is 0.109. The summed E-state index contributed by atoms with van der Waals surface area (Å²) >= 11 is 3.98. The molecule has 0 bridgehead atoms. The molecular formula is C11H6BrF3N2S. The molecule has 2 nitrogen and oxygen atoms in total. The van der Waals surface area contributed by atoms with Gasteiger partial charge in [0.15, 0.2) is 0 Å². The number of rotatable bonds is 3. The molecule has 0 saturated carbocycles. The van der Waals surface area contributed by atoms with Crippen LogP contribution in [0.3, 0.4) is 0 Å². The number of nitrogens with one attached hydrogen (secondary N) is 1. The van der Waals surface area contributed by atoms with Gasteiger partial charge in [0.05, 0.1) is 4.90 Å². The number of pyridine rings is 1. The highest BCUT2D eigenvalue weighted by molar-refractivity contribution is 9.10. The molecule has 0 aliphatic heterocycles. The highest BCUT2D eigenvalue weighted by Gasteiger charge is 2.08. The number of hydrogen-bond acceptors (Lipinski definition) is 3. The quantitative estimate of drug-likeness (QED) is 0.666. The third-order valence-electron chi connectivity index (χ3n) is 1.97. The first-order chi connectivity index (χ1) is 8.56. The second kappa shape index (κ2) is 5.62. The van der Waals surface area contributed by atoms with Crippen LogP contribution in [0.25, 0.3) is 0 Å². The van der Waals surface area contributed by atoms with Crippen LogP contribution in [-0.4, -0.2) is 4.98 Å². The Hall–Kier alpha value is -1.21. The van der Waals surface area contributed by atoms with E-state index in [0.717, 1.165) is 24.1 Å². The van der Waals surface area contributed by atoms with Gasteiger partial charge in [0.2, 0.25) is 5.95 Å². The molecule has 7 heteroatoms. The van der Waals surface area contributed by atoms with Crippen LogP contribution in [0.5, 0.6) is 0 Å². The molecule has 1 aromatic carbocycles. The van der Waals surface area contributed by atoms with Gasteiger partial charge in [-0.05, 0) is 46.1 Å². The predicted octanol–water partition coefficient (Wildman–Crippen LogP) is 4.38. The smallest absolute Gasteiger partial charge is 0.237 e. The van der Waals surface area contributed by atoms with Gasteiger partial charge in [-0.2, -0.15) is 4.39 Å². The van der Waals surface area contributed by atoms with Gasteiger partial charge in [-0.3, -0.25) is 0 Å². The minimum Gasteiger partial charge on any atom is -0.322 e. The number of halogens is 4.